The first-order valence-corrected chi connectivity index (χ1v) is 15.6. The molecular weight excluding hydrogens is 670 g/mol. The molecule has 9 N–H and O–H groups in total. The van der Waals surface area contributed by atoms with Crippen LogP contribution >= 0.6 is 12.0 Å². The fourth-order valence-electron chi connectivity index (χ4n) is 3.07. The molecule has 1 aromatic carbocycles. The largest absolute Gasteiger partial charge is 1.00 e. The third-order valence-electron chi connectivity index (χ3n) is 5.13. The number of aliphatic imine (C=N–C) groups is 1. The molecule has 0 amide bonds. The third-order valence-corrected chi connectivity index (χ3v) is 6.27. The molecule has 2 aromatic heterocycles. The minimum atomic E-state index is -4.48. The molecule has 3 aromatic rings. The van der Waals surface area contributed by atoms with E-state index in [0.29, 0.717) is 23.4 Å². The molecule has 2 unspecified atom stereocenters. The van der Waals surface area contributed by atoms with Crippen molar-refractivity contribution in [1.29, 1.82) is 0 Å². The van der Waals surface area contributed by atoms with E-state index in [2.05, 4.69) is 70.9 Å². The number of hydrogen-bond acceptors (Lipinski definition) is 23. The van der Waals surface area contributed by atoms with E-state index < -0.39 is 41.3 Å². The van der Waals surface area contributed by atoms with Gasteiger partial charge in [0.15, 0.2) is 0 Å². The van der Waals surface area contributed by atoms with Crippen molar-refractivity contribution in [3.05, 3.63) is 24.3 Å². The minimum Gasteiger partial charge on any atom is -0.748 e. The Labute approximate surface area is 302 Å². The van der Waals surface area contributed by atoms with Crippen LogP contribution in [0, 0.1) is 0 Å². The molecule has 2 heterocycles. The fraction of sp³-hybridized carbons (Fsp3) is 0.409. The van der Waals surface area contributed by atoms with Crippen molar-refractivity contribution in [3.63, 3.8) is 0 Å². The second-order valence-corrected chi connectivity index (χ2v) is 11.0. The number of hydrogen-bond donors (Lipinski definition) is 9. The Hall–Kier alpha value is -2.92. The van der Waals surface area contributed by atoms with Gasteiger partial charge in [0.2, 0.25) is 29.7 Å². The number of benzene rings is 1. The molecule has 48 heavy (non-hydrogen) atoms. The van der Waals surface area contributed by atoms with Crippen molar-refractivity contribution in [3.8, 4) is 0 Å². The molecule has 0 bridgehead atoms. The Kier molecular flexibility index (Phi) is 20.4. The average Bonchev–Trinajstić information content (AvgIpc) is 3.02. The molecule has 0 aliphatic rings. The van der Waals surface area contributed by atoms with Crippen LogP contribution < -0.4 is 69.6 Å². The second kappa shape index (κ2) is 22.7. The van der Waals surface area contributed by atoms with Gasteiger partial charge in [-0.05, 0) is 24.3 Å². The van der Waals surface area contributed by atoms with Gasteiger partial charge in [0, 0.05) is 49.3 Å². The monoisotopic (exact) mass is 700 g/mol. The van der Waals surface area contributed by atoms with E-state index >= 15 is 0 Å². The molecule has 0 saturated carbocycles. The summed E-state index contributed by atoms with van der Waals surface area (Å²) >= 11 is 0.687. The standard InChI is InChI=1S/C22H32N12O10S2.2Li/c35-11-15(37)9-25-19-29-17(23-5-7-45-44-43-39)31-21(33-19)27-13-1-3-14(4-2-13)28-22-32-18(24-6-8-46(40,41)42)30-20(34-22)26-10-16(38)12-36;;/h1-5,15-16,35-39H,6-12H2,(H,40,41,42)(H2,25,27,29,31,33)(H3,24,26,28,30,32,34);;/q;2*+1/p-2/b23-5-;;. The Morgan fingerprint density at radius 2 is 1.27 bits per heavy atom. The van der Waals surface area contributed by atoms with Crippen LogP contribution in [-0.2, 0) is 19.5 Å². The molecule has 0 fully saturated rings. The zero-order valence-electron chi connectivity index (χ0n) is 25.7. The van der Waals surface area contributed by atoms with Gasteiger partial charge in [0.1, 0.15) is 0 Å². The van der Waals surface area contributed by atoms with E-state index in [9.17, 15) is 28.4 Å². The topological polar surface area (TPSA) is 329 Å². The summed E-state index contributed by atoms with van der Waals surface area (Å²) in [6.07, 6.45) is -0.802. The summed E-state index contributed by atoms with van der Waals surface area (Å²) in [5.74, 6) is -0.515. The summed E-state index contributed by atoms with van der Waals surface area (Å²) in [6, 6.07) is 6.62. The molecule has 2 atom stereocenters. The summed E-state index contributed by atoms with van der Waals surface area (Å²) in [5, 5.41) is 64.6. The van der Waals surface area contributed by atoms with Gasteiger partial charge in [0.05, 0.1) is 47.0 Å². The fourth-order valence-corrected chi connectivity index (χ4v) is 3.66. The first kappa shape index (κ1) is 43.1. The predicted octanol–water partition coefficient (Wildman–Crippen LogP) is -8.39. The Balaban J connectivity index is 0.00000576. The molecule has 0 aliphatic heterocycles. The number of aliphatic hydroxyl groups is 4. The van der Waals surface area contributed by atoms with E-state index in [1.807, 2.05) is 0 Å². The maximum Gasteiger partial charge on any atom is 1.00 e. The Bertz CT molecular complexity index is 1520. The maximum atomic E-state index is 10.9. The van der Waals surface area contributed by atoms with E-state index in [-0.39, 0.29) is 98.8 Å². The quantitative estimate of drug-likeness (QED) is 0.00947. The zero-order valence-corrected chi connectivity index (χ0v) is 27.3. The molecule has 0 radical (unpaired) electrons. The normalized spacial score (nSPS) is 12.4. The van der Waals surface area contributed by atoms with Crippen molar-refractivity contribution in [2.45, 2.75) is 12.2 Å². The molecule has 0 aliphatic carbocycles. The summed E-state index contributed by atoms with van der Waals surface area (Å²) in [7, 11) is -4.48. The number of rotatable bonds is 21. The third kappa shape index (κ3) is 17.0. The molecule has 3 rings (SSSR count). The molecule has 252 valence electrons. The molecule has 0 spiro atoms. The van der Waals surface area contributed by atoms with E-state index in [1.54, 1.807) is 24.3 Å². The van der Waals surface area contributed by atoms with Crippen LogP contribution in [0.4, 0.5) is 47.1 Å². The number of anilines is 7. The summed E-state index contributed by atoms with van der Waals surface area (Å²) in [4.78, 5) is 29.0. The Morgan fingerprint density at radius 3 is 1.77 bits per heavy atom. The van der Waals surface area contributed by atoms with Crippen molar-refractivity contribution in [2.24, 2.45) is 4.99 Å². The van der Waals surface area contributed by atoms with Gasteiger partial charge < -0.3 is 56.8 Å². The van der Waals surface area contributed by atoms with Crippen molar-refractivity contribution in [1.82, 2.24) is 29.9 Å². The van der Waals surface area contributed by atoms with Gasteiger partial charge in [-0.2, -0.15) is 34.2 Å². The molecule has 0 saturated heterocycles. The van der Waals surface area contributed by atoms with Crippen LogP contribution in [0.15, 0.2) is 29.3 Å². The van der Waals surface area contributed by atoms with Crippen LogP contribution in [0.25, 0.3) is 0 Å². The van der Waals surface area contributed by atoms with Crippen LogP contribution in [0.1, 0.15) is 0 Å². The van der Waals surface area contributed by atoms with Gasteiger partial charge in [-0.3, -0.25) is 5.04 Å². The number of nitrogens with zero attached hydrogens (tertiary/aromatic N) is 7. The average molecular weight is 701 g/mol. The first-order chi connectivity index (χ1) is 22.1. The SMILES string of the molecule is O=S(=O)([O-])CCNc1nc(NCC(O)CO)nc(Nc2ccc(Nc3nc(/N=C\CSOO[O-])nc(NCC(O)CO)n3)cc2)n1.[Li+].[Li+]. The van der Waals surface area contributed by atoms with Crippen LogP contribution in [0.5, 0.6) is 0 Å². The summed E-state index contributed by atoms with van der Waals surface area (Å²) in [6.45, 7) is -1.40. The van der Waals surface area contributed by atoms with Gasteiger partial charge >= 0.3 is 37.7 Å². The van der Waals surface area contributed by atoms with E-state index in [1.165, 1.54) is 6.21 Å². The molecule has 26 heteroatoms. The Morgan fingerprint density at radius 1 is 0.812 bits per heavy atom. The molecule has 22 nitrogen and oxygen atoms in total. The van der Waals surface area contributed by atoms with Gasteiger partial charge in [-0.15, -0.1) is 0 Å². The summed E-state index contributed by atoms with van der Waals surface area (Å²) in [5.41, 5.74) is 1.04. The zero-order chi connectivity index (χ0) is 33.4. The van der Waals surface area contributed by atoms with Gasteiger partial charge in [-0.1, -0.05) is 0 Å². The van der Waals surface area contributed by atoms with Gasteiger partial charge in [0.25, 0.3) is 5.95 Å². The maximum absolute atomic E-state index is 10.9. The van der Waals surface area contributed by atoms with Crippen LogP contribution in [-0.4, -0.2) is 126 Å². The van der Waals surface area contributed by atoms with Gasteiger partial charge in [-0.25, -0.2) is 13.4 Å². The van der Waals surface area contributed by atoms with Crippen LogP contribution in [0.3, 0.4) is 0 Å². The minimum absolute atomic E-state index is 0. The molecular formula is C22H30Li2N12O10S2. The number of aromatic nitrogens is 6. The first-order valence-electron chi connectivity index (χ1n) is 13.1. The second-order valence-electron chi connectivity index (χ2n) is 8.77. The van der Waals surface area contributed by atoms with Crippen molar-refractivity contribution >= 4 is 75.4 Å². The number of aliphatic hydroxyl groups excluding tert-OH is 4. The van der Waals surface area contributed by atoms with Crippen LogP contribution in [0.2, 0.25) is 0 Å². The van der Waals surface area contributed by atoms with Crippen molar-refractivity contribution < 1.29 is 85.7 Å². The smallest absolute Gasteiger partial charge is 0.748 e. The van der Waals surface area contributed by atoms with Crippen molar-refractivity contribution in [2.75, 3.05) is 70.9 Å². The predicted molar refractivity (Wildman–Crippen MR) is 162 cm³/mol. The van der Waals surface area contributed by atoms with E-state index in [0.717, 1.165) is 0 Å². The van der Waals surface area contributed by atoms with E-state index in [4.69, 9.17) is 10.2 Å². The summed E-state index contributed by atoms with van der Waals surface area (Å²) < 4.78 is 37.0. The number of nitrogens with one attached hydrogen (secondary N) is 5.